The van der Waals surface area contributed by atoms with Crippen molar-refractivity contribution in [1.82, 2.24) is 19.2 Å². The van der Waals surface area contributed by atoms with Gasteiger partial charge < -0.3 is 0 Å². The van der Waals surface area contributed by atoms with Crippen LogP contribution in [-0.2, 0) is 12.8 Å². The van der Waals surface area contributed by atoms with E-state index in [2.05, 4.69) is 28.4 Å². The first kappa shape index (κ1) is 19.8. The number of benzene rings is 1. The lowest BCUT2D eigenvalue weighted by Gasteiger charge is -2.10. The summed E-state index contributed by atoms with van der Waals surface area (Å²) in [6.07, 6.45) is 6.78. The van der Waals surface area contributed by atoms with E-state index in [4.69, 9.17) is 0 Å². The Morgan fingerprint density at radius 3 is 2.70 bits per heavy atom. The Bertz CT molecular complexity index is 1250. The highest BCUT2D eigenvalue weighted by Crippen LogP contribution is 2.36. The van der Waals surface area contributed by atoms with Crippen LogP contribution in [0.15, 0.2) is 40.3 Å². The van der Waals surface area contributed by atoms with Gasteiger partial charge in [0.05, 0.1) is 11.1 Å². The second-order valence-corrected chi connectivity index (χ2v) is 10.5. The molecule has 0 amide bonds. The molecule has 0 aliphatic heterocycles. The lowest BCUT2D eigenvalue weighted by molar-refractivity contribution is 0.631. The third kappa shape index (κ3) is 3.38. The smallest absolute Gasteiger partial charge is 0.268 e. The van der Waals surface area contributed by atoms with Crippen LogP contribution in [0.3, 0.4) is 0 Å². The summed E-state index contributed by atoms with van der Waals surface area (Å²) in [6, 6.07) is 9.84. The standard InChI is InChI=1S/C23H26N4OS2/c1-15(2)13-14-29-23-25-24-22-26(16-9-5-3-6-10-16)20(28)19-17-11-7-4-8-12-18(17)30-21(19)27(22)23/h3,5-6,9-10,15H,4,7-8,11-14H2,1-2H3. The zero-order chi connectivity index (χ0) is 20.7. The average molecular weight is 439 g/mol. The molecule has 30 heavy (non-hydrogen) atoms. The molecular weight excluding hydrogens is 412 g/mol. The van der Waals surface area contributed by atoms with Gasteiger partial charge in [-0.3, -0.25) is 4.79 Å². The topological polar surface area (TPSA) is 52.2 Å². The van der Waals surface area contributed by atoms with Crippen LogP contribution in [-0.4, -0.2) is 24.9 Å². The highest BCUT2D eigenvalue weighted by atomic mass is 32.2. The zero-order valence-corrected chi connectivity index (χ0v) is 19.1. The van der Waals surface area contributed by atoms with E-state index in [0.717, 1.165) is 52.5 Å². The molecule has 7 heteroatoms. The molecule has 5 rings (SSSR count). The molecule has 0 saturated heterocycles. The van der Waals surface area contributed by atoms with Crippen LogP contribution in [0.5, 0.6) is 0 Å². The predicted octanol–water partition coefficient (Wildman–Crippen LogP) is 5.50. The van der Waals surface area contributed by atoms with Gasteiger partial charge in [-0.2, -0.15) is 0 Å². The number of thiophene rings is 1. The van der Waals surface area contributed by atoms with Gasteiger partial charge in [0.2, 0.25) is 5.78 Å². The average Bonchev–Trinajstić information content (AvgIpc) is 3.23. The summed E-state index contributed by atoms with van der Waals surface area (Å²) >= 11 is 3.52. The van der Waals surface area contributed by atoms with Gasteiger partial charge in [-0.15, -0.1) is 21.5 Å². The van der Waals surface area contributed by atoms with Crippen LogP contribution in [0.1, 0.15) is 50.0 Å². The van der Waals surface area contributed by atoms with Crippen molar-refractivity contribution in [3.05, 3.63) is 51.1 Å². The number of hydrogen-bond acceptors (Lipinski definition) is 5. The summed E-state index contributed by atoms with van der Waals surface area (Å²) in [7, 11) is 0. The molecule has 3 aromatic heterocycles. The van der Waals surface area contributed by atoms with Gasteiger partial charge in [0.1, 0.15) is 4.83 Å². The number of aryl methyl sites for hydroxylation is 2. The van der Waals surface area contributed by atoms with E-state index in [-0.39, 0.29) is 5.56 Å². The maximum absolute atomic E-state index is 13.8. The van der Waals surface area contributed by atoms with Crippen molar-refractivity contribution in [1.29, 1.82) is 0 Å². The number of thioether (sulfide) groups is 1. The quantitative estimate of drug-likeness (QED) is 0.305. The predicted molar refractivity (Wildman–Crippen MR) is 125 cm³/mol. The van der Waals surface area contributed by atoms with Crippen molar-refractivity contribution in [2.45, 2.75) is 57.5 Å². The van der Waals surface area contributed by atoms with Gasteiger partial charge in [-0.05, 0) is 55.7 Å². The summed E-state index contributed by atoms with van der Waals surface area (Å²) in [5.74, 6) is 2.26. The van der Waals surface area contributed by atoms with Crippen molar-refractivity contribution in [3.63, 3.8) is 0 Å². The Balaban J connectivity index is 1.80. The summed E-state index contributed by atoms with van der Waals surface area (Å²) in [5.41, 5.74) is 2.14. The molecule has 0 spiro atoms. The second kappa shape index (κ2) is 8.19. The van der Waals surface area contributed by atoms with Crippen LogP contribution in [0, 0.1) is 5.92 Å². The molecule has 1 aliphatic rings. The Labute approximate surface area is 184 Å². The largest absolute Gasteiger partial charge is 0.268 e. The lowest BCUT2D eigenvalue weighted by atomic mass is 10.1. The van der Waals surface area contributed by atoms with Crippen LogP contribution in [0.4, 0.5) is 0 Å². The van der Waals surface area contributed by atoms with E-state index in [1.807, 2.05) is 30.3 Å². The monoisotopic (exact) mass is 438 g/mol. The molecule has 0 N–H and O–H groups in total. The van der Waals surface area contributed by atoms with Gasteiger partial charge in [0.15, 0.2) is 5.16 Å². The first-order valence-corrected chi connectivity index (χ1v) is 12.6. The first-order chi connectivity index (χ1) is 14.6. The molecule has 1 aromatic carbocycles. The van der Waals surface area contributed by atoms with E-state index in [0.29, 0.717) is 11.7 Å². The minimum Gasteiger partial charge on any atom is -0.268 e. The van der Waals surface area contributed by atoms with Crippen molar-refractivity contribution < 1.29 is 0 Å². The van der Waals surface area contributed by atoms with Crippen LogP contribution < -0.4 is 5.56 Å². The van der Waals surface area contributed by atoms with Crippen LogP contribution >= 0.6 is 23.1 Å². The molecule has 156 valence electrons. The number of rotatable bonds is 5. The molecule has 3 heterocycles. The van der Waals surface area contributed by atoms with Gasteiger partial charge in [-0.1, -0.05) is 50.2 Å². The Morgan fingerprint density at radius 2 is 1.90 bits per heavy atom. The van der Waals surface area contributed by atoms with E-state index >= 15 is 0 Å². The van der Waals surface area contributed by atoms with E-state index in [1.165, 1.54) is 23.3 Å². The highest BCUT2D eigenvalue weighted by Gasteiger charge is 2.24. The fourth-order valence-corrected chi connectivity index (χ4v) is 6.79. The summed E-state index contributed by atoms with van der Waals surface area (Å²) in [4.78, 5) is 16.2. The third-order valence-corrected chi connectivity index (χ3v) is 8.02. The molecule has 0 atom stereocenters. The SMILES string of the molecule is CC(C)CCSc1nnc2n(-c3ccccc3)c(=O)c3c4c(sc3n12)CCCCC4. The summed E-state index contributed by atoms with van der Waals surface area (Å²) in [6.45, 7) is 4.48. The normalized spacial score (nSPS) is 14.5. The maximum atomic E-state index is 13.8. The number of aromatic nitrogens is 4. The van der Waals surface area contributed by atoms with Crippen LogP contribution in [0.2, 0.25) is 0 Å². The van der Waals surface area contributed by atoms with Gasteiger partial charge >= 0.3 is 0 Å². The minimum absolute atomic E-state index is 0.0363. The van der Waals surface area contributed by atoms with Crippen molar-refractivity contribution in [2.75, 3.05) is 5.75 Å². The fourth-order valence-electron chi connectivity index (χ4n) is 4.18. The van der Waals surface area contributed by atoms with Gasteiger partial charge in [0.25, 0.3) is 5.56 Å². The summed E-state index contributed by atoms with van der Waals surface area (Å²) < 4.78 is 3.88. The fraction of sp³-hybridized carbons (Fsp3) is 0.435. The number of hydrogen-bond donors (Lipinski definition) is 0. The van der Waals surface area contributed by atoms with Crippen molar-refractivity contribution in [3.8, 4) is 5.69 Å². The second-order valence-electron chi connectivity index (χ2n) is 8.37. The third-order valence-electron chi connectivity index (χ3n) is 5.78. The Morgan fingerprint density at radius 1 is 1.10 bits per heavy atom. The molecular formula is C23H26N4OS2. The lowest BCUT2D eigenvalue weighted by Crippen LogP contribution is -2.22. The first-order valence-electron chi connectivity index (χ1n) is 10.8. The number of nitrogens with zero attached hydrogens (tertiary/aromatic N) is 4. The maximum Gasteiger partial charge on any atom is 0.268 e. The van der Waals surface area contributed by atoms with Gasteiger partial charge in [-0.25, -0.2) is 8.97 Å². The summed E-state index contributed by atoms with van der Waals surface area (Å²) in [5, 5.41) is 10.8. The van der Waals surface area contributed by atoms with E-state index < -0.39 is 0 Å². The molecule has 5 nitrogen and oxygen atoms in total. The van der Waals surface area contributed by atoms with Crippen LogP contribution in [0.25, 0.3) is 21.7 Å². The molecule has 0 fully saturated rings. The highest BCUT2D eigenvalue weighted by molar-refractivity contribution is 7.99. The zero-order valence-electron chi connectivity index (χ0n) is 17.4. The van der Waals surface area contributed by atoms with Crippen molar-refractivity contribution >= 4 is 39.1 Å². The molecule has 0 saturated carbocycles. The molecule has 0 bridgehead atoms. The Hall–Kier alpha value is -2.12. The molecule has 1 aliphatic carbocycles. The van der Waals surface area contributed by atoms with E-state index in [9.17, 15) is 4.79 Å². The molecule has 0 unspecified atom stereocenters. The van der Waals surface area contributed by atoms with Gasteiger partial charge in [0, 0.05) is 10.6 Å². The van der Waals surface area contributed by atoms with Crippen molar-refractivity contribution in [2.24, 2.45) is 5.92 Å². The van der Waals surface area contributed by atoms with E-state index in [1.54, 1.807) is 27.7 Å². The molecule has 0 radical (unpaired) electrons. The number of para-hydroxylation sites is 1. The number of fused-ring (bicyclic) bond motifs is 5. The minimum atomic E-state index is 0.0363. The molecule has 4 aromatic rings. The Kier molecular flexibility index (Phi) is 5.41.